The first-order chi connectivity index (χ1) is 10.2. The second kappa shape index (κ2) is 6.09. The molecule has 2 N–H and O–H groups in total. The number of nitrogens with two attached hydrogens (primary N) is 1. The molecule has 6 heteroatoms. The Hall–Kier alpha value is -2.81. The summed E-state index contributed by atoms with van der Waals surface area (Å²) in [6.45, 7) is 0.356. The van der Waals surface area contributed by atoms with Gasteiger partial charge in [-0.2, -0.15) is 0 Å². The van der Waals surface area contributed by atoms with E-state index in [0.29, 0.717) is 40.9 Å². The van der Waals surface area contributed by atoms with Crippen LogP contribution in [0.1, 0.15) is 0 Å². The molecule has 21 heavy (non-hydrogen) atoms. The summed E-state index contributed by atoms with van der Waals surface area (Å²) in [5.74, 6) is 4.72. The normalized spacial score (nSPS) is 10.0. The van der Waals surface area contributed by atoms with Crippen LogP contribution in [0.25, 0.3) is 11.3 Å². The number of rotatable bonds is 5. The number of aromatic nitrogens is 2. The Morgan fingerprint density at radius 3 is 2.33 bits per heavy atom. The standard InChI is InChI=1S/C15H17N3O3/c1-5-6-18-9-17-14(15(18)16)10-7-12(20-3)13(21-4)8-11(10)19-2/h1,7-9H,6,16H2,2-4H3. The molecular weight excluding hydrogens is 270 g/mol. The van der Waals surface area contributed by atoms with Crippen LogP contribution in [0.2, 0.25) is 0 Å². The van der Waals surface area contributed by atoms with E-state index in [4.69, 9.17) is 26.4 Å². The highest BCUT2D eigenvalue weighted by atomic mass is 16.5. The van der Waals surface area contributed by atoms with Crippen molar-refractivity contribution in [2.75, 3.05) is 27.1 Å². The van der Waals surface area contributed by atoms with Crippen LogP contribution in [-0.4, -0.2) is 30.9 Å². The number of hydrogen-bond donors (Lipinski definition) is 1. The van der Waals surface area contributed by atoms with Crippen molar-refractivity contribution in [3.63, 3.8) is 0 Å². The quantitative estimate of drug-likeness (QED) is 0.849. The van der Waals surface area contributed by atoms with E-state index in [1.54, 1.807) is 44.4 Å². The van der Waals surface area contributed by atoms with Crippen LogP contribution in [0, 0.1) is 12.3 Å². The molecule has 0 spiro atoms. The number of methoxy groups -OCH3 is 3. The summed E-state index contributed by atoms with van der Waals surface area (Å²) in [4.78, 5) is 4.31. The molecule has 6 nitrogen and oxygen atoms in total. The summed E-state index contributed by atoms with van der Waals surface area (Å²) >= 11 is 0. The van der Waals surface area contributed by atoms with E-state index in [1.165, 1.54) is 0 Å². The molecule has 1 aromatic heterocycles. The van der Waals surface area contributed by atoms with Crippen LogP contribution in [0.3, 0.4) is 0 Å². The predicted molar refractivity (Wildman–Crippen MR) is 80.6 cm³/mol. The lowest BCUT2D eigenvalue weighted by molar-refractivity contribution is 0.349. The van der Waals surface area contributed by atoms with E-state index in [0.717, 1.165) is 0 Å². The van der Waals surface area contributed by atoms with Gasteiger partial charge in [0.25, 0.3) is 0 Å². The third-order valence-corrected chi connectivity index (χ3v) is 3.10. The lowest BCUT2D eigenvalue weighted by atomic mass is 10.1. The highest BCUT2D eigenvalue weighted by molar-refractivity contribution is 5.78. The smallest absolute Gasteiger partial charge is 0.164 e. The minimum absolute atomic E-state index is 0.356. The van der Waals surface area contributed by atoms with Crippen LogP contribution >= 0.6 is 0 Å². The maximum absolute atomic E-state index is 6.08. The fourth-order valence-corrected chi connectivity index (χ4v) is 2.04. The number of terminal acetylenes is 1. The van der Waals surface area contributed by atoms with E-state index in [1.807, 2.05) is 0 Å². The van der Waals surface area contributed by atoms with Gasteiger partial charge in [-0.1, -0.05) is 5.92 Å². The number of anilines is 1. The number of benzene rings is 1. The van der Waals surface area contributed by atoms with Crippen molar-refractivity contribution in [3.05, 3.63) is 18.5 Å². The number of hydrogen-bond acceptors (Lipinski definition) is 5. The van der Waals surface area contributed by atoms with E-state index in [9.17, 15) is 0 Å². The molecule has 0 saturated heterocycles. The molecular formula is C15H17N3O3. The molecule has 1 heterocycles. The molecule has 0 amide bonds. The van der Waals surface area contributed by atoms with Gasteiger partial charge in [-0.05, 0) is 6.07 Å². The fraction of sp³-hybridized carbons (Fsp3) is 0.267. The van der Waals surface area contributed by atoms with Gasteiger partial charge in [0, 0.05) is 11.6 Å². The Morgan fingerprint density at radius 2 is 1.76 bits per heavy atom. The summed E-state index contributed by atoms with van der Waals surface area (Å²) < 4.78 is 17.6. The second-order valence-corrected chi connectivity index (χ2v) is 4.22. The van der Waals surface area contributed by atoms with E-state index in [2.05, 4.69) is 10.9 Å². The van der Waals surface area contributed by atoms with Crippen molar-refractivity contribution in [2.45, 2.75) is 6.54 Å². The van der Waals surface area contributed by atoms with Crippen LogP contribution in [-0.2, 0) is 6.54 Å². The van der Waals surface area contributed by atoms with Gasteiger partial charge in [0.05, 0.1) is 34.2 Å². The van der Waals surface area contributed by atoms with Gasteiger partial charge in [0.2, 0.25) is 0 Å². The third-order valence-electron chi connectivity index (χ3n) is 3.10. The molecule has 0 radical (unpaired) electrons. The molecule has 0 aliphatic heterocycles. The maximum atomic E-state index is 6.08. The van der Waals surface area contributed by atoms with Crippen molar-refractivity contribution < 1.29 is 14.2 Å². The Labute approximate surface area is 123 Å². The summed E-state index contributed by atoms with van der Waals surface area (Å²) in [6.07, 6.45) is 6.90. The highest BCUT2D eigenvalue weighted by Gasteiger charge is 2.18. The molecule has 1 aromatic carbocycles. The van der Waals surface area contributed by atoms with Crippen molar-refractivity contribution in [1.29, 1.82) is 0 Å². The van der Waals surface area contributed by atoms with Gasteiger partial charge < -0.3 is 24.5 Å². The SMILES string of the molecule is C#CCn1cnc(-c2cc(OC)c(OC)cc2OC)c1N. The van der Waals surface area contributed by atoms with Crippen LogP contribution in [0.4, 0.5) is 5.82 Å². The van der Waals surface area contributed by atoms with Crippen molar-refractivity contribution in [2.24, 2.45) is 0 Å². The van der Waals surface area contributed by atoms with E-state index in [-0.39, 0.29) is 0 Å². The lowest BCUT2D eigenvalue weighted by Gasteiger charge is -2.13. The van der Waals surface area contributed by atoms with Crippen molar-refractivity contribution in [3.8, 4) is 40.8 Å². The average Bonchev–Trinajstić information content (AvgIpc) is 2.87. The Kier molecular flexibility index (Phi) is 4.24. The summed E-state index contributed by atoms with van der Waals surface area (Å²) in [5.41, 5.74) is 7.38. The lowest BCUT2D eigenvalue weighted by Crippen LogP contribution is -2.01. The molecule has 0 atom stereocenters. The topological polar surface area (TPSA) is 71.5 Å². The zero-order valence-corrected chi connectivity index (χ0v) is 12.2. The van der Waals surface area contributed by atoms with Crippen LogP contribution < -0.4 is 19.9 Å². The molecule has 0 bridgehead atoms. The average molecular weight is 287 g/mol. The number of nitrogens with zero attached hydrogens (tertiary/aromatic N) is 2. The monoisotopic (exact) mass is 287 g/mol. The first-order valence-electron chi connectivity index (χ1n) is 6.20. The maximum Gasteiger partial charge on any atom is 0.164 e. The summed E-state index contributed by atoms with van der Waals surface area (Å²) in [7, 11) is 4.70. The minimum Gasteiger partial charge on any atom is -0.496 e. The predicted octanol–water partition coefficient (Wildman–Crippen LogP) is 1.79. The first kappa shape index (κ1) is 14.6. The summed E-state index contributed by atoms with van der Waals surface area (Å²) in [5, 5.41) is 0. The molecule has 0 aliphatic rings. The number of nitrogen functional groups attached to an aromatic ring is 1. The van der Waals surface area contributed by atoms with Crippen LogP contribution in [0.15, 0.2) is 18.5 Å². The Morgan fingerprint density at radius 1 is 1.14 bits per heavy atom. The van der Waals surface area contributed by atoms with Gasteiger partial charge in [0.15, 0.2) is 11.5 Å². The first-order valence-corrected chi connectivity index (χ1v) is 6.20. The molecule has 0 unspecified atom stereocenters. The molecule has 0 saturated carbocycles. The number of ether oxygens (including phenoxy) is 3. The van der Waals surface area contributed by atoms with E-state index >= 15 is 0 Å². The van der Waals surface area contributed by atoms with Crippen molar-refractivity contribution >= 4 is 5.82 Å². The zero-order chi connectivity index (χ0) is 15.4. The highest BCUT2D eigenvalue weighted by Crippen LogP contribution is 2.41. The summed E-state index contributed by atoms with van der Waals surface area (Å²) in [6, 6.07) is 3.50. The molecule has 110 valence electrons. The van der Waals surface area contributed by atoms with Crippen molar-refractivity contribution in [1.82, 2.24) is 9.55 Å². The molecule has 0 aliphatic carbocycles. The van der Waals surface area contributed by atoms with Gasteiger partial charge in [-0.15, -0.1) is 6.42 Å². The van der Waals surface area contributed by atoms with Crippen LogP contribution in [0.5, 0.6) is 17.2 Å². The van der Waals surface area contributed by atoms with E-state index < -0.39 is 0 Å². The minimum atomic E-state index is 0.356. The fourth-order valence-electron chi connectivity index (χ4n) is 2.04. The zero-order valence-electron chi connectivity index (χ0n) is 12.2. The molecule has 0 fully saturated rings. The van der Waals surface area contributed by atoms with Gasteiger partial charge >= 0.3 is 0 Å². The Balaban J connectivity index is 2.60. The van der Waals surface area contributed by atoms with Gasteiger partial charge in [0.1, 0.15) is 17.3 Å². The van der Waals surface area contributed by atoms with Gasteiger partial charge in [-0.3, -0.25) is 0 Å². The molecule has 2 rings (SSSR count). The number of imidazole rings is 1. The van der Waals surface area contributed by atoms with Gasteiger partial charge in [-0.25, -0.2) is 4.98 Å². The third kappa shape index (κ3) is 2.58. The molecule has 2 aromatic rings. The largest absolute Gasteiger partial charge is 0.496 e. The Bertz CT molecular complexity index is 686. The second-order valence-electron chi connectivity index (χ2n) is 4.22.